The van der Waals surface area contributed by atoms with E-state index in [1.54, 1.807) is 6.92 Å². The van der Waals surface area contributed by atoms with Crippen LogP contribution in [0.25, 0.3) is 6.08 Å². The molecular weight excluding hydrogens is 372 g/mol. The molecule has 0 unspecified atom stereocenters. The Bertz CT molecular complexity index is 752. The van der Waals surface area contributed by atoms with Crippen LogP contribution in [0.2, 0.25) is 0 Å². The lowest BCUT2D eigenvalue weighted by Gasteiger charge is -2.11. The van der Waals surface area contributed by atoms with E-state index < -0.39 is 30.3 Å². The summed E-state index contributed by atoms with van der Waals surface area (Å²) in [6, 6.07) is 4.08. The number of amides is 2. The number of imide groups is 1. The molecule has 1 aromatic rings. The smallest absolute Gasteiger partial charge is 0.387 e. The Hall–Kier alpha value is -2.62. The van der Waals surface area contributed by atoms with Gasteiger partial charge in [0.2, 0.25) is 0 Å². The number of halogens is 2. The number of esters is 1. The summed E-state index contributed by atoms with van der Waals surface area (Å²) < 4.78 is 38.7. The topological polar surface area (TPSA) is 82.1 Å². The Kier molecular flexibility index (Phi) is 6.56. The lowest BCUT2D eigenvalue weighted by Crippen LogP contribution is -2.34. The number of hydrogen-bond donors (Lipinski definition) is 0. The van der Waals surface area contributed by atoms with Gasteiger partial charge in [-0.1, -0.05) is 6.07 Å². The fraction of sp³-hybridized carbons (Fsp3) is 0.312. The third kappa shape index (κ3) is 4.72. The molecule has 2 rings (SSSR count). The molecule has 10 heteroatoms. The Morgan fingerprint density at radius 1 is 1.31 bits per heavy atom. The predicted octanol–water partition coefficient (Wildman–Crippen LogP) is 2.90. The number of thioether (sulfide) groups is 1. The SMILES string of the molecule is CCOC(=O)CN1C(=O)S/C(=C\c2ccc(OC(F)F)c(OC)c2)C1=O. The number of hydrogen-bond acceptors (Lipinski definition) is 7. The molecule has 0 aromatic heterocycles. The monoisotopic (exact) mass is 387 g/mol. The minimum Gasteiger partial charge on any atom is -0.493 e. The van der Waals surface area contributed by atoms with Gasteiger partial charge in [-0.05, 0) is 42.5 Å². The maximum atomic E-state index is 12.3. The summed E-state index contributed by atoms with van der Waals surface area (Å²) in [4.78, 5) is 36.5. The van der Waals surface area contributed by atoms with E-state index in [0.29, 0.717) is 17.3 Å². The van der Waals surface area contributed by atoms with E-state index in [2.05, 4.69) is 4.74 Å². The van der Waals surface area contributed by atoms with Gasteiger partial charge in [-0.2, -0.15) is 8.78 Å². The number of carbonyl (C=O) groups is 3. The Morgan fingerprint density at radius 2 is 2.04 bits per heavy atom. The third-order valence-electron chi connectivity index (χ3n) is 3.17. The molecule has 1 saturated heterocycles. The van der Waals surface area contributed by atoms with Crippen molar-refractivity contribution in [3.05, 3.63) is 28.7 Å². The van der Waals surface area contributed by atoms with E-state index in [9.17, 15) is 23.2 Å². The van der Waals surface area contributed by atoms with Crippen LogP contribution >= 0.6 is 11.8 Å². The van der Waals surface area contributed by atoms with Crippen LogP contribution in [0.15, 0.2) is 23.1 Å². The minimum atomic E-state index is -3.01. The number of ether oxygens (including phenoxy) is 3. The summed E-state index contributed by atoms with van der Waals surface area (Å²) in [5.74, 6) is -1.44. The molecule has 0 bridgehead atoms. The van der Waals surface area contributed by atoms with E-state index in [1.807, 2.05) is 0 Å². The van der Waals surface area contributed by atoms with Crippen LogP contribution in [0.3, 0.4) is 0 Å². The van der Waals surface area contributed by atoms with Gasteiger partial charge in [0.1, 0.15) is 6.54 Å². The van der Waals surface area contributed by atoms with Gasteiger partial charge in [0.15, 0.2) is 11.5 Å². The zero-order valence-corrected chi connectivity index (χ0v) is 14.7. The molecule has 1 fully saturated rings. The fourth-order valence-electron chi connectivity index (χ4n) is 2.09. The number of methoxy groups -OCH3 is 1. The Labute approximate surface area is 151 Å². The Balaban J connectivity index is 2.20. The van der Waals surface area contributed by atoms with Crippen LogP contribution in [0.1, 0.15) is 12.5 Å². The van der Waals surface area contributed by atoms with E-state index >= 15 is 0 Å². The molecule has 0 atom stereocenters. The zero-order chi connectivity index (χ0) is 19.3. The molecule has 1 aliphatic heterocycles. The number of rotatable bonds is 7. The maximum Gasteiger partial charge on any atom is 0.387 e. The number of nitrogens with zero attached hydrogens (tertiary/aromatic N) is 1. The molecule has 1 aliphatic rings. The summed E-state index contributed by atoms with van der Waals surface area (Å²) in [7, 11) is 1.28. The highest BCUT2D eigenvalue weighted by Gasteiger charge is 2.36. The maximum absolute atomic E-state index is 12.3. The molecular formula is C16H15F2NO6S. The number of carbonyl (C=O) groups excluding carboxylic acids is 3. The molecule has 1 heterocycles. The van der Waals surface area contributed by atoms with Crippen molar-refractivity contribution in [1.82, 2.24) is 4.90 Å². The number of benzene rings is 1. The second kappa shape index (κ2) is 8.65. The van der Waals surface area contributed by atoms with Crippen molar-refractivity contribution in [3.8, 4) is 11.5 Å². The van der Waals surface area contributed by atoms with E-state index in [0.717, 1.165) is 4.90 Å². The summed E-state index contributed by atoms with van der Waals surface area (Å²) >= 11 is 0.664. The Morgan fingerprint density at radius 3 is 2.65 bits per heavy atom. The van der Waals surface area contributed by atoms with Crippen LogP contribution in [-0.4, -0.2) is 48.9 Å². The van der Waals surface area contributed by atoms with Crippen molar-refractivity contribution in [2.75, 3.05) is 20.3 Å². The quantitative estimate of drug-likeness (QED) is 0.526. The molecule has 0 saturated carbocycles. The minimum absolute atomic E-state index is 0.0461. The molecule has 0 N–H and O–H groups in total. The van der Waals surface area contributed by atoms with Crippen LogP contribution in [-0.2, 0) is 14.3 Å². The van der Waals surface area contributed by atoms with Crippen molar-refractivity contribution in [2.24, 2.45) is 0 Å². The fourth-order valence-corrected chi connectivity index (χ4v) is 2.93. The summed E-state index contributed by atoms with van der Waals surface area (Å²) in [6.07, 6.45) is 1.39. The summed E-state index contributed by atoms with van der Waals surface area (Å²) in [6.45, 7) is -1.73. The molecule has 26 heavy (non-hydrogen) atoms. The van der Waals surface area contributed by atoms with E-state index in [-0.39, 0.29) is 23.0 Å². The van der Waals surface area contributed by atoms with Crippen molar-refractivity contribution >= 4 is 35.0 Å². The normalized spacial score (nSPS) is 15.7. The second-order valence-corrected chi connectivity index (χ2v) is 5.85. The first-order valence-electron chi connectivity index (χ1n) is 7.39. The molecule has 7 nitrogen and oxygen atoms in total. The molecule has 0 spiro atoms. The van der Waals surface area contributed by atoms with Crippen molar-refractivity contribution in [1.29, 1.82) is 0 Å². The molecule has 0 aliphatic carbocycles. The third-order valence-corrected chi connectivity index (χ3v) is 4.08. The molecule has 140 valence electrons. The largest absolute Gasteiger partial charge is 0.493 e. The highest BCUT2D eigenvalue weighted by Crippen LogP contribution is 2.34. The summed E-state index contributed by atoms with van der Waals surface area (Å²) in [5.41, 5.74) is 0.435. The van der Waals surface area contributed by atoms with Gasteiger partial charge in [-0.3, -0.25) is 19.3 Å². The van der Waals surface area contributed by atoms with Gasteiger partial charge in [0.05, 0.1) is 18.6 Å². The van der Waals surface area contributed by atoms with Gasteiger partial charge in [-0.15, -0.1) is 0 Å². The molecule has 2 amide bonds. The van der Waals surface area contributed by atoms with Crippen molar-refractivity contribution in [2.45, 2.75) is 13.5 Å². The number of alkyl halides is 2. The van der Waals surface area contributed by atoms with E-state index in [4.69, 9.17) is 9.47 Å². The first-order chi connectivity index (χ1) is 12.3. The van der Waals surface area contributed by atoms with Crippen LogP contribution in [0.5, 0.6) is 11.5 Å². The second-order valence-electron chi connectivity index (χ2n) is 4.86. The predicted molar refractivity (Wildman–Crippen MR) is 88.9 cm³/mol. The molecule has 0 radical (unpaired) electrons. The van der Waals surface area contributed by atoms with Gasteiger partial charge in [-0.25, -0.2) is 0 Å². The molecule has 1 aromatic carbocycles. The van der Waals surface area contributed by atoms with Gasteiger partial charge >= 0.3 is 12.6 Å². The lowest BCUT2D eigenvalue weighted by molar-refractivity contribution is -0.145. The average molecular weight is 387 g/mol. The standard InChI is InChI=1S/C16H15F2NO6S/c1-3-24-13(20)8-19-14(21)12(26-16(19)22)7-9-4-5-10(25-15(17)18)11(6-9)23-2/h4-7,15H,3,8H2,1-2H3/b12-7-. The first-order valence-corrected chi connectivity index (χ1v) is 8.21. The van der Waals surface area contributed by atoms with Gasteiger partial charge in [0.25, 0.3) is 11.1 Å². The lowest BCUT2D eigenvalue weighted by atomic mass is 10.2. The van der Waals surface area contributed by atoms with Crippen molar-refractivity contribution < 1.29 is 37.4 Å². The van der Waals surface area contributed by atoms with E-state index in [1.165, 1.54) is 31.4 Å². The van der Waals surface area contributed by atoms with Crippen LogP contribution in [0, 0.1) is 0 Å². The van der Waals surface area contributed by atoms with Crippen LogP contribution < -0.4 is 9.47 Å². The van der Waals surface area contributed by atoms with Gasteiger partial charge < -0.3 is 14.2 Å². The first kappa shape index (κ1) is 19.7. The van der Waals surface area contributed by atoms with Crippen LogP contribution in [0.4, 0.5) is 13.6 Å². The summed E-state index contributed by atoms with van der Waals surface area (Å²) in [5, 5.41) is -0.598. The highest BCUT2D eigenvalue weighted by molar-refractivity contribution is 8.18. The highest BCUT2D eigenvalue weighted by atomic mass is 32.2. The zero-order valence-electron chi connectivity index (χ0n) is 13.9. The van der Waals surface area contributed by atoms with Crippen molar-refractivity contribution in [3.63, 3.8) is 0 Å². The van der Waals surface area contributed by atoms with Gasteiger partial charge in [0, 0.05) is 0 Å². The average Bonchev–Trinajstić information content (AvgIpc) is 2.83.